The van der Waals surface area contributed by atoms with Gasteiger partial charge >= 0.3 is 6.18 Å². The van der Waals surface area contributed by atoms with E-state index in [-0.39, 0.29) is 13.2 Å². The summed E-state index contributed by atoms with van der Waals surface area (Å²) in [6, 6.07) is 9.44. The summed E-state index contributed by atoms with van der Waals surface area (Å²) in [6.45, 7) is 1.44. The number of hydrogen-bond acceptors (Lipinski definition) is 5. The summed E-state index contributed by atoms with van der Waals surface area (Å²) in [5.74, 6) is 0.371. The maximum absolute atomic E-state index is 13.1. The highest BCUT2D eigenvalue weighted by Gasteiger charge is 2.37. The van der Waals surface area contributed by atoms with Crippen LogP contribution in [0.1, 0.15) is 12.5 Å². The number of benzene rings is 2. The number of carbonyl (C=O) groups is 1. The Morgan fingerprint density at radius 1 is 1.13 bits per heavy atom. The third-order valence-electron chi connectivity index (χ3n) is 4.28. The number of amides is 1. The van der Waals surface area contributed by atoms with Crippen LogP contribution >= 0.6 is 0 Å². The second-order valence-electron chi connectivity index (χ2n) is 6.58. The fourth-order valence-corrected chi connectivity index (χ4v) is 4.25. The van der Waals surface area contributed by atoms with Gasteiger partial charge in [-0.05, 0) is 31.2 Å². The largest absolute Gasteiger partial charge is 0.486 e. The van der Waals surface area contributed by atoms with Crippen LogP contribution in [0.4, 0.5) is 13.2 Å². The minimum absolute atomic E-state index is 0.0262. The molecule has 0 saturated carbocycles. The van der Waals surface area contributed by atoms with Gasteiger partial charge in [0.15, 0.2) is 11.5 Å². The van der Waals surface area contributed by atoms with Gasteiger partial charge in [-0.3, -0.25) is 4.79 Å². The van der Waals surface area contributed by atoms with Crippen LogP contribution in [0.25, 0.3) is 0 Å². The number of alkyl halides is 3. The van der Waals surface area contributed by atoms with Gasteiger partial charge in [0.25, 0.3) is 0 Å². The Morgan fingerprint density at radius 2 is 1.77 bits per heavy atom. The van der Waals surface area contributed by atoms with Gasteiger partial charge < -0.3 is 14.8 Å². The molecular weight excluding hydrogens is 425 g/mol. The summed E-state index contributed by atoms with van der Waals surface area (Å²) >= 11 is 0. The molecule has 2 aromatic carbocycles. The number of rotatable bonds is 6. The minimum atomic E-state index is -4.86. The lowest BCUT2D eigenvalue weighted by Gasteiger charge is -2.27. The highest BCUT2D eigenvalue weighted by Crippen LogP contribution is 2.34. The molecule has 11 heteroatoms. The van der Waals surface area contributed by atoms with E-state index in [1.807, 2.05) is 4.72 Å². The average Bonchev–Trinajstić information content (AvgIpc) is 2.71. The van der Waals surface area contributed by atoms with Crippen LogP contribution in [0.2, 0.25) is 0 Å². The van der Waals surface area contributed by atoms with Crippen molar-refractivity contribution in [2.75, 3.05) is 13.2 Å². The number of halogens is 3. The molecule has 2 aromatic rings. The molecule has 1 aliphatic heterocycles. The fourth-order valence-electron chi connectivity index (χ4n) is 2.82. The highest BCUT2D eigenvalue weighted by atomic mass is 32.2. The molecule has 1 aliphatic rings. The van der Waals surface area contributed by atoms with Crippen LogP contribution < -0.4 is 19.5 Å². The molecule has 2 N–H and O–H groups in total. The highest BCUT2D eigenvalue weighted by molar-refractivity contribution is 7.89. The molecule has 0 spiro atoms. The smallest absolute Gasteiger partial charge is 0.417 e. The zero-order valence-corrected chi connectivity index (χ0v) is 16.6. The lowest BCUT2D eigenvalue weighted by Crippen LogP contribution is -2.48. The van der Waals surface area contributed by atoms with Crippen LogP contribution in [-0.4, -0.2) is 39.6 Å². The van der Waals surface area contributed by atoms with E-state index in [4.69, 9.17) is 9.47 Å². The quantitative estimate of drug-likeness (QED) is 0.714. The van der Waals surface area contributed by atoms with Crippen molar-refractivity contribution in [3.05, 3.63) is 54.1 Å². The molecule has 0 aliphatic carbocycles. The number of fused-ring (bicyclic) bond motifs is 1. The van der Waals surface area contributed by atoms with Gasteiger partial charge in [-0.2, -0.15) is 17.9 Å². The van der Waals surface area contributed by atoms with E-state index in [1.165, 1.54) is 13.0 Å². The molecule has 0 bridgehead atoms. The van der Waals surface area contributed by atoms with Crippen molar-refractivity contribution in [2.24, 2.45) is 0 Å². The number of para-hydroxylation sites is 2. The van der Waals surface area contributed by atoms with Crippen LogP contribution in [-0.2, 0) is 21.0 Å². The summed E-state index contributed by atoms with van der Waals surface area (Å²) < 4.78 is 77.3. The molecule has 7 nitrogen and oxygen atoms in total. The van der Waals surface area contributed by atoms with Gasteiger partial charge in [0.2, 0.25) is 15.9 Å². The standard InChI is InChI=1S/C19H19F3N2O5S/c1-12(24-30(26,27)17-9-5-2-6-14(17)19(20,21)22)18(25)23-10-13-11-28-15-7-3-4-8-16(15)29-13/h2-9,12-13,24H,10-11H2,1H3,(H,23,25)/t12-,13?/m0/s1. The molecule has 1 unspecified atom stereocenters. The van der Waals surface area contributed by atoms with Crippen LogP contribution in [0.3, 0.4) is 0 Å². The average molecular weight is 444 g/mol. The predicted octanol–water partition coefficient (Wildman–Crippen LogP) is 2.33. The number of hydrogen-bond donors (Lipinski definition) is 2. The molecular formula is C19H19F3N2O5S. The minimum Gasteiger partial charge on any atom is -0.486 e. The van der Waals surface area contributed by atoms with E-state index in [0.29, 0.717) is 17.6 Å². The zero-order valence-electron chi connectivity index (χ0n) is 15.8. The van der Waals surface area contributed by atoms with Crippen molar-refractivity contribution in [1.82, 2.24) is 10.0 Å². The molecule has 3 rings (SSSR count). The number of sulfonamides is 1. The maximum Gasteiger partial charge on any atom is 0.417 e. The van der Waals surface area contributed by atoms with Crippen molar-refractivity contribution < 1.29 is 35.9 Å². The summed E-state index contributed by atoms with van der Waals surface area (Å²) in [6.07, 6.45) is -5.36. The zero-order chi connectivity index (χ0) is 21.9. The van der Waals surface area contributed by atoms with Gasteiger partial charge in [0, 0.05) is 0 Å². The van der Waals surface area contributed by atoms with Crippen molar-refractivity contribution in [2.45, 2.75) is 30.1 Å². The molecule has 162 valence electrons. The lowest BCUT2D eigenvalue weighted by molar-refractivity contribution is -0.139. The Bertz CT molecular complexity index is 1030. The summed E-state index contributed by atoms with van der Waals surface area (Å²) in [7, 11) is -4.59. The van der Waals surface area contributed by atoms with Crippen molar-refractivity contribution in [3.8, 4) is 11.5 Å². The van der Waals surface area contributed by atoms with Crippen LogP contribution in [0, 0.1) is 0 Å². The monoisotopic (exact) mass is 444 g/mol. The summed E-state index contributed by atoms with van der Waals surface area (Å²) in [4.78, 5) is 11.3. The normalized spacial score (nSPS) is 17.3. The molecule has 30 heavy (non-hydrogen) atoms. The number of carbonyl (C=O) groups excluding carboxylic acids is 1. The van der Waals surface area contributed by atoms with Gasteiger partial charge in [0.1, 0.15) is 12.7 Å². The predicted molar refractivity (Wildman–Crippen MR) is 101 cm³/mol. The Labute approximate surface area is 171 Å². The lowest BCUT2D eigenvalue weighted by atomic mass is 10.2. The van der Waals surface area contributed by atoms with Crippen LogP contribution in [0.5, 0.6) is 11.5 Å². The van der Waals surface area contributed by atoms with E-state index in [2.05, 4.69) is 5.32 Å². The SMILES string of the molecule is C[C@H](NS(=O)(=O)c1ccccc1C(F)(F)F)C(=O)NCC1COc2ccccc2O1. The second-order valence-corrected chi connectivity index (χ2v) is 8.26. The van der Waals surface area contributed by atoms with Crippen LogP contribution in [0.15, 0.2) is 53.4 Å². The van der Waals surface area contributed by atoms with Gasteiger partial charge in [-0.1, -0.05) is 24.3 Å². The Balaban J connectivity index is 1.61. The fraction of sp³-hybridized carbons (Fsp3) is 0.316. The first kappa shape index (κ1) is 21.9. The second kappa shape index (κ2) is 8.52. The molecule has 0 radical (unpaired) electrons. The Kier molecular flexibility index (Phi) is 6.22. The third-order valence-corrected chi connectivity index (χ3v) is 5.88. The molecule has 0 saturated heterocycles. The van der Waals surface area contributed by atoms with Gasteiger partial charge in [0.05, 0.1) is 23.0 Å². The van der Waals surface area contributed by atoms with E-state index in [1.54, 1.807) is 24.3 Å². The first-order valence-electron chi connectivity index (χ1n) is 8.92. The van der Waals surface area contributed by atoms with Crippen molar-refractivity contribution in [1.29, 1.82) is 0 Å². The van der Waals surface area contributed by atoms with Gasteiger partial charge in [-0.15, -0.1) is 0 Å². The molecule has 0 fully saturated rings. The van der Waals surface area contributed by atoms with Crippen molar-refractivity contribution in [3.63, 3.8) is 0 Å². The number of ether oxygens (including phenoxy) is 2. The summed E-state index contributed by atoms with van der Waals surface area (Å²) in [5, 5.41) is 2.51. The van der Waals surface area contributed by atoms with Gasteiger partial charge in [-0.25, -0.2) is 8.42 Å². The third kappa shape index (κ3) is 5.03. The Morgan fingerprint density at radius 3 is 2.47 bits per heavy atom. The summed E-state index contributed by atoms with van der Waals surface area (Å²) in [5.41, 5.74) is -1.31. The van der Waals surface area contributed by atoms with E-state index >= 15 is 0 Å². The first-order valence-corrected chi connectivity index (χ1v) is 10.4. The molecule has 1 heterocycles. The Hall–Kier alpha value is -2.79. The van der Waals surface area contributed by atoms with Crippen molar-refractivity contribution >= 4 is 15.9 Å². The van der Waals surface area contributed by atoms with E-state index in [0.717, 1.165) is 12.1 Å². The number of nitrogens with one attached hydrogen (secondary N) is 2. The first-order chi connectivity index (χ1) is 14.1. The molecule has 0 aromatic heterocycles. The van der Waals surface area contributed by atoms with E-state index < -0.39 is 44.7 Å². The molecule has 2 atom stereocenters. The van der Waals surface area contributed by atoms with E-state index in [9.17, 15) is 26.4 Å². The topological polar surface area (TPSA) is 93.7 Å². The molecule has 1 amide bonds. The maximum atomic E-state index is 13.1.